The number of aromatic nitrogens is 4. The van der Waals surface area contributed by atoms with E-state index in [1.165, 1.54) is 34.7 Å². The van der Waals surface area contributed by atoms with Crippen molar-refractivity contribution in [2.45, 2.75) is 33.0 Å². The third-order valence-electron chi connectivity index (χ3n) is 3.74. The number of nitrogens with zero attached hydrogens (tertiary/aromatic N) is 4. The fourth-order valence-corrected chi connectivity index (χ4v) is 2.49. The van der Waals surface area contributed by atoms with Crippen LogP contribution in [-0.2, 0) is 6.18 Å². The minimum absolute atomic E-state index is 0.0158. The van der Waals surface area contributed by atoms with Crippen molar-refractivity contribution >= 4 is 11.3 Å². The molecule has 0 aromatic carbocycles. The number of carbonyl (C=O) groups excluding carboxylic acids is 1. The highest BCUT2D eigenvalue weighted by molar-refractivity contribution is 6.00. The molecule has 0 amide bonds. The molecule has 3 rings (SSSR count). The van der Waals surface area contributed by atoms with Gasteiger partial charge < -0.3 is 0 Å². The standard InChI is InChI=1S/C16H15F3N4O/c1-9(2)22-8-13(15(21-22)16(17,18)19)11-4-5-14-12(10(3)24)6-20-23(14)7-11/h4-9H,1-3H3. The highest BCUT2D eigenvalue weighted by Crippen LogP contribution is 2.36. The Balaban J connectivity index is 2.18. The Bertz CT molecular complexity index is 921. The minimum Gasteiger partial charge on any atom is -0.294 e. The summed E-state index contributed by atoms with van der Waals surface area (Å²) in [4.78, 5) is 11.5. The van der Waals surface area contributed by atoms with E-state index in [0.29, 0.717) is 16.6 Å². The second kappa shape index (κ2) is 5.47. The molecule has 5 nitrogen and oxygen atoms in total. The Morgan fingerprint density at radius 1 is 1.21 bits per heavy atom. The first-order chi connectivity index (χ1) is 11.2. The Hall–Kier alpha value is -2.64. The van der Waals surface area contributed by atoms with E-state index in [-0.39, 0.29) is 17.4 Å². The van der Waals surface area contributed by atoms with Gasteiger partial charge in [0.05, 0.1) is 17.3 Å². The molecule has 3 aromatic rings. The molecule has 8 heteroatoms. The lowest BCUT2D eigenvalue weighted by atomic mass is 10.1. The van der Waals surface area contributed by atoms with Crippen molar-refractivity contribution in [2.24, 2.45) is 0 Å². The number of carbonyl (C=O) groups is 1. The van der Waals surface area contributed by atoms with E-state index in [1.54, 1.807) is 26.0 Å². The number of fused-ring (bicyclic) bond motifs is 1. The Morgan fingerprint density at radius 3 is 2.50 bits per heavy atom. The highest BCUT2D eigenvalue weighted by atomic mass is 19.4. The minimum atomic E-state index is -4.56. The molecule has 0 radical (unpaired) electrons. The van der Waals surface area contributed by atoms with Crippen LogP contribution >= 0.6 is 0 Å². The Labute approximate surface area is 135 Å². The summed E-state index contributed by atoms with van der Waals surface area (Å²) in [5.74, 6) is -0.152. The van der Waals surface area contributed by atoms with Crippen LogP contribution < -0.4 is 0 Å². The van der Waals surface area contributed by atoms with Gasteiger partial charge in [0.15, 0.2) is 11.5 Å². The van der Waals surface area contributed by atoms with Crippen molar-refractivity contribution in [1.29, 1.82) is 0 Å². The molecule has 3 aromatic heterocycles. The first kappa shape index (κ1) is 16.2. The van der Waals surface area contributed by atoms with Crippen molar-refractivity contribution in [3.05, 3.63) is 42.0 Å². The molecule has 126 valence electrons. The predicted molar refractivity (Wildman–Crippen MR) is 81.8 cm³/mol. The zero-order valence-corrected chi connectivity index (χ0v) is 13.3. The van der Waals surface area contributed by atoms with Gasteiger partial charge in [-0.1, -0.05) is 6.07 Å². The molecule has 0 bridgehead atoms. The highest BCUT2D eigenvalue weighted by Gasteiger charge is 2.37. The number of hydrogen-bond acceptors (Lipinski definition) is 3. The molecular formula is C16H15F3N4O. The van der Waals surface area contributed by atoms with E-state index >= 15 is 0 Å². The molecule has 3 heterocycles. The van der Waals surface area contributed by atoms with Gasteiger partial charge in [0.25, 0.3) is 0 Å². The van der Waals surface area contributed by atoms with E-state index < -0.39 is 11.9 Å². The van der Waals surface area contributed by atoms with Crippen molar-refractivity contribution in [3.8, 4) is 11.1 Å². The number of halogens is 3. The third kappa shape index (κ3) is 2.68. The maximum absolute atomic E-state index is 13.3. The lowest BCUT2D eigenvalue weighted by Gasteiger charge is -2.06. The summed E-state index contributed by atoms with van der Waals surface area (Å²) < 4.78 is 42.6. The van der Waals surface area contributed by atoms with Gasteiger partial charge in [-0.2, -0.15) is 23.4 Å². The molecule has 0 spiro atoms. The van der Waals surface area contributed by atoms with Crippen molar-refractivity contribution in [1.82, 2.24) is 19.4 Å². The van der Waals surface area contributed by atoms with Crippen LogP contribution in [0.4, 0.5) is 13.2 Å². The van der Waals surface area contributed by atoms with Crippen LogP contribution in [0.1, 0.15) is 42.9 Å². The first-order valence-electron chi connectivity index (χ1n) is 7.33. The number of Topliss-reactive ketones (excluding diaryl/α,β-unsaturated/α-hetero) is 1. The number of rotatable bonds is 3. The van der Waals surface area contributed by atoms with Gasteiger partial charge in [-0.25, -0.2) is 4.52 Å². The molecule has 0 N–H and O–H groups in total. The summed E-state index contributed by atoms with van der Waals surface area (Å²) in [7, 11) is 0. The zero-order valence-electron chi connectivity index (χ0n) is 13.3. The normalized spacial score (nSPS) is 12.3. The summed E-state index contributed by atoms with van der Waals surface area (Å²) in [5, 5.41) is 7.73. The van der Waals surface area contributed by atoms with Crippen molar-refractivity contribution in [2.75, 3.05) is 0 Å². The Morgan fingerprint density at radius 2 is 1.92 bits per heavy atom. The van der Waals surface area contributed by atoms with Gasteiger partial charge >= 0.3 is 6.18 Å². The number of alkyl halides is 3. The molecule has 24 heavy (non-hydrogen) atoms. The predicted octanol–water partition coefficient (Wildman–Crippen LogP) is 4.00. The number of ketones is 1. The molecule has 0 aliphatic carbocycles. The first-order valence-corrected chi connectivity index (χ1v) is 7.33. The lowest BCUT2D eigenvalue weighted by Crippen LogP contribution is -2.10. The average Bonchev–Trinajstić information content (AvgIpc) is 3.10. The lowest BCUT2D eigenvalue weighted by molar-refractivity contribution is -0.141. The zero-order chi connectivity index (χ0) is 17.6. The molecular weight excluding hydrogens is 321 g/mol. The SMILES string of the molecule is CC(=O)c1cnn2cc(-c3cn(C(C)C)nc3C(F)(F)F)ccc12. The van der Waals surface area contributed by atoms with Crippen molar-refractivity contribution < 1.29 is 18.0 Å². The molecule has 0 aliphatic heterocycles. The Kier molecular flexibility index (Phi) is 3.70. The second-order valence-corrected chi connectivity index (χ2v) is 5.82. The monoisotopic (exact) mass is 336 g/mol. The van der Waals surface area contributed by atoms with E-state index in [9.17, 15) is 18.0 Å². The van der Waals surface area contributed by atoms with Crippen LogP contribution in [0.3, 0.4) is 0 Å². The van der Waals surface area contributed by atoms with Crippen LogP contribution in [0.25, 0.3) is 16.6 Å². The summed E-state index contributed by atoms with van der Waals surface area (Å²) in [6.07, 6.45) is -0.300. The molecule has 0 aliphatic rings. The van der Waals surface area contributed by atoms with Crippen LogP contribution in [0.5, 0.6) is 0 Å². The van der Waals surface area contributed by atoms with Gasteiger partial charge in [0.2, 0.25) is 0 Å². The number of hydrogen-bond donors (Lipinski definition) is 0. The summed E-state index contributed by atoms with van der Waals surface area (Å²) in [5.41, 5.74) is 0.360. The molecule has 0 atom stereocenters. The van der Waals surface area contributed by atoms with Gasteiger partial charge in [-0.15, -0.1) is 0 Å². The van der Waals surface area contributed by atoms with Crippen LogP contribution in [0.15, 0.2) is 30.7 Å². The van der Waals surface area contributed by atoms with E-state index in [4.69, 9.17) is 0 Å². The van der Waals surface area contributed by atoms with Crippen LogP contribution in [0.2, 0.25) is 0 Å². The van der Waals surface area contributed by atoms with E-state index in [2.05, 4.69) is 10.2 Å². The largest absolute Gasteiger partial charge is 0.435 e. The fraction of sp³-hybridized carbons (Fsp3) is 0.312. The van der Waals surface area contributed by atoms with Gasteiger partial charge in [0, 0.05) is 29.6 Å². The summed E-state index contributed by atoms with van der Waals surface area (Å²) >= 11 is 0. The van der Waals surface area contributed by atoms with Crippen LogP contribution in [0, 0.1) is 0 Å². The summed E-state index contributed by atoms with van der Waals surface area (Å²) in [6, 6.07) is 2.93. The average molecular weight is 336 g/mol. The topological polar surface area (TPSA) is 52.2 Å². The van der Waals surface area contributed by atoms with Crippen molar-refractivity contribution in [3.63, 3.8) is 0 Å². The van der Waals surface area contributed by atoms with Gasteiger partial charge in [0.1, 0.15) is 0 Å². The molecule has 0 saturated carbocycles. The fourth-order valence-electron chi connectivity index (χ4n) is 2.49. The van der Waals surface area contributed by atoms with E-state index in [0.717, 1.165) is 0 Å². The quantitative estimate of drug-likeness (QED) is 0.679. The second-order valence-electron chi connectivity index (χ2n) is 5.82. The smallest absolute Gasteiger partial charge is 0.294 e. The molecule has 0 fully saturated rings. The number of pyridine rings is 1. The molecule has 0 unspecified atom stereocenters. The van der Waals surface area contributed by atoms with Gasteiger partial charge in [-0.3, -0.25) is 9.48 Å². The van der Waals surface area contributed by atoms with E-state index in [1.807, 2.05) is 0 Å². The van der Waals surface area contributed by atoms with Crippen LogP contribution in [-0.4, -0.2) is 25.2 Å². The maximum Gasteiger partial charge on any atom is 0.435 e. The third-order valence-corrected chi connectivity index (χ3v) is 3.74. The summed E-state index contributed by atoms with van der Waals surface area (Å²) in [6.45, 7) is 4.93. The molecule has 0 saturated heterocycles. The maximum atomic E-state index is 13.3. The van der Waals surface area contributed by atoms with Gasteiger partial charge in [-0.05, 0) is 26.8 Å².